The fourth-order valence-electron chi connectivity index (χ4n) is 3.95. The first-order valence-corrected chi connectivity index (χ1v) is 11.2. The zero-order valence-electron chi connectivity index (χ0n) is 18.7. The summed E-state index contributed by atoms with van der Waals surface area (Å²) in [7, 11) is 0. The second-order valence-electron chi connectivity index (χ2n) is 7.93. The van der Waals surface area contributed by atoms with Crippen LogP contribution >= 0.6 is 11.6 Å². The third-order valence-corrected chi connectivity index (χ3v) is 6.16. The Hall–Kier alpha value is -3.39. The van der Waals surface area contributed by atoms with E-state index in [4.69, 9.17) is 16.3 Å². The fourth-order valence-corrected chi connectivity index (χ4v) is 4.15. The lowest BCUT2D eigenvalue weighted by molar-refractivity contribution is -0.134. The molecule has 0 aliphatic carbocycles. The van der Waals surface area contributed by atoms with Gasteiger partial charge >= 0.3 is 5.97 Å². The number of ether oxygens (including phenoxy) is 1. The van der Waals surface area contributed by atoms with Crippen LogP contribution in [0.3, 0.4) is 0 Å². The molecule has 1 aliphatic rings. The monoisotopic (exact) mass is 467 g/mol. The van der Waals surface area contributed by atoms with Gasteiger partial charge in [-0.3, -0.25) is 9.48 Å². The van der Waals surface area contributed by atoms with Gasteiger partial charge in [-0.15, -0.1) is 0 Å². The van der Waals surface area contributed by atoms with E-state index in [9.17, 15) is 9.59 Å². The number of esters is 1. The number of carbonyl (C=O) groups is 2. The first kappa shape index (κ1) is 22.8. The van der Waals surface area contributed by atoms with Crippen LogP contribution in [0.4, 0.5) is 5.82 Å². The minimum Gasteiger partial charge on any atom is -0.452 e. The molecule has 33 heavy (non-hydrogen) atoms. The zero-order chi connectivity index (χ0) is 23.4. The normalized spacial score (nSPS) is 13.8. The van der Waals surface area contributed by atoms with E-state index in [0.29, 0.717) is 54.7 Å². The molecule has 8 nitrogen and oxygen atoms in total. The molecule has 1 aliphatic heterocycles. The molecular weight excluding hydrogens is 442 g/mol. The lowest BCUT2D eigenvalue weighted by atomic mass is 10.2. The summed E-state index contributed by atoms with van der Waals surface area (Å²) in [4.78, 5) is 33.6. The highest BCUT2D eigenvalue weighted by molar-refractivity contribution is 6.31. The third kappa shape index (κ3) is 5.17. The van der Waals surface area contributed by atoms with Crippen LogP contribution in [0.5, 0.6) is 0 Å². The first-order chi connectivity index (χ1) is 15.9. The highest BCUT2D eigenvalue weighted by atomic mass is 35.5. The van der Waals surface area contributed by atoms with Crippen LogP contribution in [-0.4, -0.2) is 64.3 Å². The Labute approximate surface area is 197 Å². The zero-order valence-corrected chi connectivity index (χ0v) is 19.5. The Morgan fingerprint density at radius 2 is 1.76 bits per heavy atom. The summed E-state index contributed by atoms with van der Waals surface area (Å²) in [6.07, 6.45) is 1.76. The minimum absolute atomic E-state index is 0.206. The number of hydrogen-bond donors (Lipinski definition) is 0. The van der Waals surface area contributed by atoms with Crippen LogP contribution in [0.25, 0.3) is 0 Å². The summed E-state index contributed by atoms with van der Waals surface area (Å²) >= 11 is 6.26. The molecule has 1 fully saturated rings. The van der Waals surface area contributed by atoms with E-state index in [-0.39, 0.29) is 12.5 Å². The van der Waals surface area contributed by atoms with Gasteiger partial charge in [-0.25, -0.2) is 9.78 Å². The molecule has 172 valence electrons. The number of aryl methyl sites for hydroxylation is 1. The summed E-state index contributed by atoms with van der Waals surface area (Å²) < 4.78 is 7.10. The van der Waals surface area contributed by atoms with Crippen LogP contribution in [0, 0.1) is 13.8 Å². The molecule has 0 saturated carbocycles. The summed E-state index contributed by atoms with van der Waals surface area (Å²) in [6, 6.07) is 13.3. The molecule has 3 heterocycles. The second kappa shape index (κ2) is 10.0. The summed E-state index contributed by atoms with van der Waals surface area (Å²) in [5.41, 5.74) is 2.52. The van der Waals surface area contributed by atoms with E-state index in [0.717, 1.165) is 11.4 Å². The molecule has 0 unspecified atom stereocenters. The van der Waals surface area contributed by atoms with Crippen molar-refractivity contribution in [3.05, 3.63) is 76.2 Å². The summed E-state index contributed by atoms with van der Waals surface area (Å²) in [5.74, 6) is 0.148. The molecule has 2 aromatic heterocycles. The Morgan fingerprint density at radius 1 is 1.03 bits per heavy atom. The molecule has 0 spiro atoms. The molecule has 9 heteroatoms. The Kier molecular flexibility index (Phi) is 6.93. The van der Waals surface area contributed by atoms with Gasteiger partial charge < -0.3 is 14.5 Å². The molecule has 0 bridgehead atoms. The molecule has 0 N–H and O–H groups in total. The number of nitrogens with zero attached hydrogens (tertiary/aromatic N) is 5. The van der Waals surface area contributed by atoms with Gasteiger partial charge in [0, 0.05) is 37.4 Å². The molecule has 1 saturated heterocycles. The van der Waals surface area contributed by atoms with Crippen molar-refractivity contribution >= 4 is 29.3 Å². The van der Waals surface area contributed by atoms with Crippen molar-refractivity contribution in [2.75, 3.05) is 37.7 Å². The van der Waals surface area contributed by atoms with Crippen LogP contribution in [-0.2, 0) is 16.1 Å². The lowest BCUT2D eigenvalue weighted by Crippen LogP contribution is -2.50. The maximum absolute atomic E-state index is 12.8. The number of pyridine rings is 1. The van der Waals surface area contributed by atoms with Gasteiger partial charge in [0.1, 0.15) is 11.4 Å². The lowest BCUT2D eigenvalue weighted by Gasteiger charge is -2.35. The second-order valence-corrected chi connectivity index (χ2v) is 8.33. The van der Waals surface area contributed by atoms with E-state index in [1.54, 1.807) is 22.7 Å². The van der Waals surface area contributed by atoms with E-state index in [1.165, 1.54) is 0 Å². The van der Waals surface area contributed by atoms with E-state index >= 15 is 0 Å². The number of rotatable bonds is 6. The largest absolute Gasteiger partial charge is 0.452 e. The summed E-state index contributed by atoms with van der Waals surface area (Å²) in [6.45, 7) is 6.20. The number of halogens is 1. The van der Waals surface area contributed by atoms with Crippen LogP contribution in [0.15, 0.2) is 48.7 Å². The van der Waals surface area contributed by atoms with Crippen molar-refractivity contribution in [3.63, 3.8) is 0 Å². The van der Waals surface area contributed by atoms with Crippen molar-refractivity contribution in [1.29, 1.82) is 0 Å². The molecule has 1 aromatic carbocycles. The van der Waals surface area contributed by atoms with Gasteiger partial charge in [0.15, 0.2) is 6.61 Å². The van der Waals surface area contributed by atoms with Gasteiger partial charge in [-0.2, -0.15) is 5.10 Å². The van der Waals surface area contributed by atoms with Crippen molar-refractivity contribution in [3.8, 4) is 0 Å². The fraction of sp³-hybridized carbons (Fsp3) is 0.333. The number of piperazine rings is 1. The molecule has 0 radical (unpaired) electrons. The van der Waals surface area contributed by atoms with Gasteiger partial charge in [-0.05, 0) is 37.6 Å². The third-order valence-electron chi connectivity index (χ3n) is 5.80. The van der Waals surface area contributed by atoms with E-state index in [1.807, 2.05) is 49.4 Å². The maximum atomic E-state index is 12.8. The van der Waals surface area contributed by atoms with Crippen LogP contribution in [0.1, 0.15) is 27.3 Å². The van der Waals surface area contributed by atoms with Gasteiger partial charge in [0.25, 0.3) is 5.91 Å². The predicted molar refractivity (Wildman–Crippen MR) is 126 cm³/mol. The first-order valence-electron chi connectivity index (χ1n) is 10.8. The Bertz CT molecular complexity index is 1140. The van der Waals surface area contributed by atoms with Crippen molar-refractivity contribution in [2.24, 2.45) is 0 Å². The topological polar surface area (TPSA) is 80.6 Å². The number of benzene rings is 1. The minimum atomic E-state index is -0.545. The van der Waals surface area contributed by atoms with Crippen molar-refractivity contribution in [2.45, 2.75) is 20.4 Å². The highest BCUT2D eigenvalue weighted by Crippen LogP contribution is 2.20. The number of carbonyl (C=O) groups excluding carboxylic acids is 2. The average Bonchev–Trinajstić information content (AvgIpc) is 3.12. The quantitative estimate of drug-likeness (QED) is 0.518. The van der Waals surface area contributed by atoms with E-state index < -0.39 is 5.97 Å². The van der Waals surface area contributed by atoms with Gasteiger partial charge in [0.05, 0.1) is 17.9 Å². The van der Waals surface area contributed by atoms with Crippen molar-refractivity contribution < 1.29 is 14.3 Å². The van der Waals surface area contributed by atoms with Crippen molar-refractivity contribution in [1.82, 2.24) is 19.7 Å². The molecule has 3 aromatic rings. The predicted octanol–water partition coefficient (Wildman–Crippen LogP) is 3.10. The molecule has 4 rings (SSSR count). The molecule has 1 amide bonds. The Balaban J connectivity index is 1.33. The average molecular weight is 468 g/mol. The van der Waals surface area contributed by atoms with Gasteiger partial charge in [0.2, 0.25) is 0 Å². The molecule has 0 atom stereocenters. The van der Waals surface area contributed by atoms with E-state index in [2.05, 4.69) is 15.0 Å². The standard InChI is InChI=1S/C24H26ClN5O3/c1-17-23(18(2)30(27-17)15-19-7-3-4-8-20(19)25)24(32)33-16-22(31)29-13-11-28(12-14-29)21-9-5-6-10-26-21/h3-10H,11-16H2,1-2H3. The molecular formula is C24H26ClN5O3. The number of anilines is 1. The number of amides is 1. The SMILES string of the molecule is Cc1nn(Cc2ccccc2Cl)c(C)c1C(=O)OCC(=O)N1CCN(c2ccccn2)CC1. The smallest absolute Gasteiger partial charge is 0.342 e. The number of hydrogen-bond acceptors (Lipinski definition) is 6. The van der Waals surface area contributed by atoms with Crippen LogP contribution < -0.4 is 4.90 Å². The number of aromatic nitrogens is 3. The Morgan fingerprint density at radius 3 is 2.45 bits per heavy atom. The maximum Gasteiger partial charge on any atom is 0.342 e. The van der Waals surface area contributed by atoms with Crippen LogP contribution in [0.2, 0.25) is 5.02 Å². The highest BCUT2D eigenvalue weighted by Gasteiger charge is 2.25. The summed E-state index contributed by atoms with van der Waals surface area (Å²) in [5, 5.41) is 5.11. The van der Waals surface area contributed by atoms with Gasteiger partial charge in [-0.1, -0.05) is 35.9 Å².